The molecule has 0 saturated heterocycles. The Bertz CT molecular complexity index is 398. The van der Waals surface area contributed by atoms with Gasteiger partial charge >= 0.3 is 0 Å². The van der Waals surface area contributed by atoms with E-state index in [2.05, 4.69) is 35.8 Å². The van der Waals surface area contributed by atoms with Crippen LogP contribution in [0.4, 0.5) is 0 Å². The monoisotopic (exact) mass is 293 g/mol. The number of hydrogen-bond acceptors (Lipinski definition) is 3. The average molecular weight is 293 g/mol. The molecule has 2 unspecified atom stereocenters. The Kier molecular flexibility index (Phi) is 6.71. The fourth-order valence-electron chi connectivity index (χ4n) is 3.59. The van der Waals surface area contributed by atoms with E-state index in [9.17, 15) is 0 Å². The van der Waals surface area contributed by atoms with Crippen LogP contribution >= 0.6 is 0 Å². The van der Waals surface area contributed by atoms with Gasteiger partial charge < -0.3 is 14.6 Å². The van der Waals surface area contributed by atoms with Crippen molar-refractivity contribution in [2.45, 2.75) is 64.5 Å². The quantitative estimate of drug-likeness (QED) is 0.801. The van der Waals surface area contributed by atoms with Crippen LogP contribution in [0.1, 0.15) is 51.8 Å². The van der Waals surface area contributed by atoms with Gasteiger partial charge in [-0.25, -0.2) is 4.98 Å². The molecular formula is C17H31N3O. The van der Waals surface area contributed by atoms with Crippen molar-refractivity contribution < 1.29 is 4.74 Å². The highest BCUT2D eigenvalue weighted by Gasteiger charge is 2.31. The lowest BCUT2D eigenvalue weighted by Gasteiger charge is -2.36. The van der Waals surface area contributed by atoms with Gasteiger partial charge in [0.05, 0.1) is 6.10 Å². The molecule has 1 heterocycles. The molecule has 4 nitrogen and oxygen atoms in total. The van der Waals surface area contributed by atoms with Gasteiger partial charge in [0.25, 0.3) is 0 Å². The third kappa shape index (κ3) is 4.55. The van der Waals surface area contributed by atoms with Crippen molar-refractivity contribution in [2.75, 3.05) is 13.2 Å². The number of hydrogen-bond donors (Lipinski definition) is 1. The summed E-state index contributed by atoms with van der Waals surface area (Å²) in [5, 5.41) is 3.65. The van der Waals surface area contributed by atoms with Crippen LogP contribution in [0.3, 0.4) is 0 Å². The van der Waals surface area contributed by atoms with Crippen molar-refractivity contribution in [1.82, 2.24) is 14.9 Å². The van der Waals surface area contributed by atoms with Gasteiger partial charge in [0.15, 0.2) is 0 Å². The zero-order chi connectivity index (χ0) is 15.1. The molecule has 2 rings (SSSR count). The lowest BCUT2D eigenvalue weighted by Crippen LogP contribution is -2.47. The second kappa shape index (κ2) is 8.54. The maximum atomic E-state index is 6.19. The van der Waals surface area contributed by atoms with E-state index in [1.165, 1.54) is 32.1 Å². The molecule has 1 aliphatic carbocycles. The highest BCUT2D eigenvalue weighted by atomic mass is 16.5. The van der Waals surface area contributed by atoms with E-state index in [0.717, 1.165) is 25.4 Å². The molecule has 1 aliphatic rings. The largest absolute Gasteiger partial charge is 0.377 e. The molecule has 0 aromatic carbocycles. The first-order chi connectivity index (χ1) is 10.3. The van der Waals surface area contributed by atoms with Crippen LogP contribution in [-0.4, -0.2) is 34.8 Å². The number of nitrogens with zero attached hydrogens (tertiary/aromatic N) is 2. The highest BCUT2D eigenvalue weighted by Crippen LogP contribution is 2.30. The van der Waals surface area contributed by atoms with Crippen LogP contribution in [0.2, 0.25) is 0 Å². The van der Waals surface area contributed by atoms with Crippen molar-refractivity contribution in [3.8, 4) is 0 Å². The Morgan fingerprint density at radius 3 is 2.67 bits per heavy atom. The molecule has 1 fully saturated rings. The summed E-state index contributed by atoms with van der Waals surface area (Å²) in [7, 11) is 2.07. The summed E-state index contributed by atoms with van der Waals surface area (Å²) in [6.45, 7) is 6.06. The molecule has 1 aromatic heterocycles. The van der Waals surface area contributed by atoms with Crippen LogP contribution < -0.4 is 5.32 Å². The van der Waals surface area contributed by atoms with E-state index in [-0.39, 0.29) is 0 Å². The summed E-state index contributed by atoms with van der Waals surface area (Å²) in [5.74, 6) is 1.84. The molecular weight excluding hydrogens is 262 g/mol. The Morgan fingerprint density at radius 1 is 1.33 bits per heavy atom. The van der Waals surface area contributed by atoms with Crippen molar-refractivity contribution >= 4 is 0 Å². The Hall–Kier alpha value is -0.870. The van der Waals surface area contributed by atoms with Gasteiger partial charge in [0.2, 0.25) is 0 Å². The maximum absolute atomic E-state index is 6.19. The Balaban J connectivity index is 2.09. The highest BCUT2D eigenvalue weighted by molar-refractivity contribution is 4.98. The lowest BCUT2D eigenvalue weighted by molar-refractivity contribution is -0.0176. The molecule has 21 heavy (non-hydrogen) atoms. The zero-order valence-corrected chi connectivity index (χ0v) is 13.8. The molecule has 2 atom stereocenters. The van der Waals surface area contributed by atoms with E-state index in [0.29, 0.717) is 18.1 Å². The predicted octanol–water partition coefficient (Wildman–Crippen LogP) is 2.93. The zero-order valence-electron chi connectivity index (χ0n) is 13.8. The van der Waals surface area contributed by atoms with Gasteiger partial charge in [0.1, 0.15) is 5.82 Å². The Labute approximate surface area is 129 Å². The predicted molar refractivity (Wildman–Crippen MR) is 86.4 cm³/mol. The topological polar surface area (TPSA) is 39.1 Å². The SMILES string of the molecule is CCNC(Cc1nccn1C)C(OCC)C1CCCCC1. The second-order valence-electron chi connectivity index (χ2n) is 6.14. The number of rotatable bonds is 8. The summed E-state index contributed by atoms with van der Waals surface area (Å²) in [6, 6.07) is 0.360. The summed E-state index contributed by atoms with van der Waals surface area (Å²) in [4.78, 5) is 4.49. The first-order valence-electron chi connectivity index (χ1n) is 8.57. The minimum absolute atomic E-state index is 0.312. The van der Waals surface area contributed by atoms with Crippen LogP contribution in [0.15, 0.2) is 12.4 Å². The van der Waals surface area contributed by atoms with Crippen LogP contribution in [0.5, 0.6) is 0 Å². The first-order valence-corrected chi connectivity index (χ1v) is 8.57. The van der Waals surface area contributed by atoms with E-state index in [1.54, 1.807) is 0 Å². The lowest BCUT2D eigenvalue weighted by atomic mass is 9.81. The molecule has 0 bridgehead atoms. The molecule has 1 saturated carbocycles. The summed E-state index contributed by atoms with van der Waals surface area (Å²) in [5.41, 5.74) is 0. The van der Waals surface area contributed by atoms with Gasteiger partial charge in [-0.3, -0.25) is 0 Å². The summed E-state index contributed by atoms with van der Waals surface area (Å²) in [6.07, 6.45) is 11.9. The molecule has 4 heteroatoms. The van der Waals surface area contributed by atoms with Crippen molar-refractivity contribution in [3.05, 3.63) is 18.2 Å². The number of imidazole rings is 1. The fourth-order valence-corrected chi connectivity index (χ4v) is 3.59. The summed E-state index contributed by atoms with van der Waals surface area (Å²) < 4.78 is 8.30. The van der Waals surface area contributed by atoms with E-state index in [4.69, 9.17) is 4.74 Å². The minimum atomic E-state index is 0.312. The number of aromatic nitrogens is 2. The van der Waals surface area contributed by atoms with E-state index >= 15 is 0 Å². The number of nitrogens with one attached hydrogen (secondary N) is 1. The molecule has 0 aliphatic heterocycles. The van der Waals surface area contributed by atoms with Crippen LogP contribution in [-0.2, 0) is 18.2 Å². The average Bonchev–Trinajstić information content (AvgIpc) is 2.91. The maximum Gasteiger partial charge on any atom is 0.110 e. The molecule has 1 N–H and O–H groups in total. The molecule has 0 amide bonds. The minimum Gasteiger partial charge on any atom is -0.377 e. The van der Waals surface area contributed by atoms with Crippen LogP contribution in [0, 0.1) is 5.92 Å². The van der Waals surface area contributed by atoms with Gasteiger partial charge in [-0.2, -0.15) is 0 Å². The first kappa shape index (κ1) is 16.5. The van der Waals surface area contributed by atoms with E-state index < -0.39 is 0 Å². The standard InChI is InChI=1S/C17H31N3O/c1-4-18-15(13-16-19-11-12-20(16)3)17(21-5-2)14-9-7-6-8-10-14/h11-12,14-15,17-18H,4-10,13H2,1-3H3. The molecule has 0 spiro atoms. The molecule has 1 aromatic rings. The second-order valence-corrected chi connectivity index (χ2v) is 6.14. The van der Waals surface area contributed by atoms with Gasteiger partial charge in [-0.15, -0.1) is 0 Å². The molecule has 0 radical (unpaired) electrons. The summed E-state index contributed by atoms with van der Waals surface area (Å²) >= 11 is 0. The van der Waals surface area contributed by atoms with Crippen molar-refractivity contribution in [2.24, 2.45) is 13.0 Å². The number of ether oxygens (including phenoxy) is 1. The number of likely N-dealkylation sites (N-methyl/N-ethyl adjacent to an activating group) is 1. The third-order valence-corrected chi connectivity index (χ3v) is 4.66. The van der Waals surface area contributed by atoms with E-state index in [1.807, 2.05) is 12.4 Å². The van der Waals surface area contributed by atoms with Crippen molar-refractivity contribution in [1.29, 1.82) is 0 Å². The smallest absolute Gasteiger partial charge is 0.110 e. The van der Waals surface area contributed by atoms with Gasteiger partial charge in [-0.05, 0) is 32.2 Å². The number of aryl methyl sites for hydroxylation is 1. The van der Waals surface area contributed by atoms with Crippen LogP contribution in [0.25, 0.3) is 0 Å². The normalized spacial score (nSPS) is 19.6. The van der Waals surface area contributed by atoms with Gasteiger partial charge in [-0.1, -0.05) is 26.2 Å². The fraction of sp³-hybridized carbons (Fsp3) is 0.824. The van der Waals surface area contributed by atoms with Crippen molar-refractivity contribution in [3.63, 3.8) is 0 Å². The third-order valence-electron chi connectivity index (χ3n) is 4.66. The molecule has 120 valence electrons. The van der Waals surface area contributed by atoms with Gasteiger partial charge in [0, 0.05) is 38.5 Å². The Morgan fingerprint density at radius 2 is 2.10 bits per heavy atom.